The molecule has 1 atom stereocenters. The largest absolute Gasteiger partial charge is 0.472 e. The molecular formula is C21H21NO2. The predicted octanol–water partition coefficient (Wildman–Crippen LogP) is 4.99. The van der Waals surface area contributed by atoms with Crippen molar-refractivity contribution in [3.05, 3.63) is 95.4 Å². The summed E-state index contributed by atoms with van der Waals surface area (Å²) in [5.41, 5.74) is 4.02. The van der Waals surface area contributed by atoms with Gasteiger partial charge in [-0.15, -0.1) is 0 Å². The van der Waals surface area contributed by atoms with Crippen molar-refractivity contribution in [3.63, 3.8) is 0 Å². The number of benzene rings is 2. The van der Waals surface area contributed by atoms with E-state index in [0.717, 1.165) is 11.1 Å². The smallest absolute Gasteiger partial charge is 0.257 e. The van der Waals surface area contributed by atoms with Crippen LogP contribution in [0.2, 0.25) is 0 Å². The van der Waals surface area contributed by atoms with Crippen molar-refractivity contribution in [1.29, 1.82) is 0 Å². The maximum atomic E-state index is 13.0. The third kappa shape index (κ3) is 3.40. The van der Waals surface area contributed by atoms with Gasteiger partial charge in [-0.1, -0.05) is 54.6 Å². The molecular weight excluding hydrogens is 298 g/mol. The standard InChI is InChI=1S/C21H21NO2/c1-16-8-6-7-11-19(16)14-22(21(23)20-12-13-24-15-20)17(2)18-9-4-3-5-10-18/h3-13,15,17H,14H2,1-2H3/t17-/m0/s1. The maximum Gasteiger partial charge on any atom is 0.257 e. The van der Waals surface area contributed by atoms with Crippen LogP contribution in [0.1, 0.15) is 40.0 Å². The molecule has 3 nitrogen and oxygen atoms in total. The molecule has 0 bridgehead atoms. The Kier molecular flexibility index (Phi) is 4.80. The van der Waals surface area contributed by atoms with E-state index >= 15 is 0 Å². The summed E-state index contributed by atoms with van der Waals surface area (Å²) >= 11 is 0. The van der Waals surface area contributed by atoms with Crippen LogP contribution in [0.15, 0.2) is 77.6 Å². The van der Waals surface area contributed by atoms with Gasteiger partial charge in [0.25, 0.3) is 5.91 Å². The average molecular weight is 319 g/mol. The zero-order chi connectivity index (χ0) is 16.9. The van der Waals surface area contributed by atoms with E-state index in [1.165, 1.54) is 18.1 Å². The molecule has 24 heavy (non-hydrogen) atoms. The second-order valence-corrected chi connectivity index (χ2v) is 5.96. The predicted molar refractivity (Wildman–Crippen MR) is 94.6 cm³/mol. The molecule has 3 rings (SSSR count). The van der Waals surface area contributed by atoms with E-state index in [4.69, 9.17) is 4.42 Å². The van der Waals surface area contributed by atoms with E-state index in [-0.39, 0.29) is 11.9 Å². The SMILES string of the molecule is Cc1ccccc1CN(C(=O)c1ccoc1)[C@@H](C)c1ccccc1. The number of carbonyl (C=O) groups excluding carboxylic acids is 1. The van der Waals surface area contributed by atoms with Gasteiger partial charge in [0.05, 0.1) is 17.9 Å². The minimum absolute atomic E-state index is 0.0247. The van der Waals surface area contributed by atoms with Gasteiger partial charge in [-0.05, 0) is 36.6 Å². The quantitative estimate of drug-likeness (QED) is 0.663. The Balaban J connectivity index is 1.94. The zero-order valence-electron chi connectivity index (χ0n) is 14.0. The summed E-state index contributed by atoms with van der Waals surface area (Å²) in [7, 11) is 0. The summed E-state index contributed by atoms with van der Waals surface area (Å²) in [5.74, 6) is -0.0247. The fraction of sp³-hybridized carbons (Fsp3) is 0.190. The first-order valence-corrected chi connectivity index (χ1v) is 8.09. The van der Waals surface area contributed by atoms with E-state index in [1.54, 1.807) is 6.07 Å². The number of nitrogens with zero attached hydrogens (tertiary/aromatic N) is 1. The lowest BCUT2D eigenvalue weighted by Gasteiger charge is -2.30. The summed E-state index contributed by atoms with van der Waals surface area (Å²) < 4.78 is 5.10. The highest BCUT2D eigenvalue weighted by Crippen LogP contribution is 2.25. The van der Waals surface area contributed by atoms with Crippen LogP contribution in [-0.2, 0) is 6.54 Å². The molecule has 3 aromatic rings. The Morgan fingerprint density at radius 3 is 2.42 bits per heavy atom. The zero-order valence-corrected chi connectivity index (χ0v) is 14.0. The van der Waals surface area contributed by atoms with Crippen molar-refractivity contribution in [3.8, 4) is 0 Å². The lowest BCUT2D eigenvalue weighted by molar-refractivity contribution is 0.0673. The van der Waals surface area contributed by atoms with E-state index in [0.29, 0.717) is 12.1 Å². The molecule has 0 fully saturated rings. The molecule has 2 aromatic carbocycles. The lowest BCUT2D eigenvalue weighted by atomic mass is 10.0. The molecule has 1 aromatic heterocycles. The molecule has 0 spiro atoms. The van der Waals surface area contributed by atoms with Gasteiger partial charge >= 0.3 is 0 Å². The fourth-order valence-electron chi connectivity index (χ4n) is 2.82. The highest BCUT2D eigenvalue weighted by atomic mass is 16.3. The first-order chi connectivity index (χ1) is 11.7. The Morgan fingerprint density at radius 1 is 1.04 bits per heavy atom. The van der Waals surface area contributed by atoms with Crippen LogP contribution < -0.4 is 0 Å². The Bertz CT molecular complexity index is 794. The molecule has 0 aliphatic rings. The normalized spacial score (nSPS) is 11.9. The number of carbonyl (C=O) groups is 1. The third-order valence-electron chi connectivity index (χ3n) is 4.38. The van der Waals surface area contributed by atoms with E-state index in [9.17, 15) is 4.79 Å². The molecule has 0 saturated heterocycles. The van der Waals surface area contributed by atoms with Gasteiger partial charge in [0.1, 0.15) is 6.26 Å². The number of furan rings is 1. The molecule has 0 radical (unpaired) electrons. The van der Waals surface area contributed by atoms with Crippen molar-refractivity contribution in [2.45, 2.75) is 26.4 Å². The topological polar surface area (TPSA) is 33.5 Å². The molecule has 1 heterocycles. The van der Waals surface area contributed by atoms with Crippen molar-refractivity contribution >= 4 is 5.91 Å². The second-order valence-electron chi connectivity index (χ2n) is 5.96. The summed E-state index contributed by atoms with van der Waals surface area (Å²) in [5, 5.41) is 0. The number of aryl methyl sites for hydroxylation is 1. The van der Waals surface area contributed by atoms with Crippen molar-refractivity contribution in [1.82, 2.24) is 4.90 Å². The molecule has 0 aliphatic carbocycles. The highest BCUT2D eigenvalue weighted by Gasteiger charge is 2.24. The van der Waals surface area contributed by atoms with Crippen molar-refractivity contribution in [2.75, 3.05) is 0 Å². The summed E-state index contributed by atoms with van der Waals surface area (Å²) in [6, 6.07) is 19.9. The van der Waals surface area contributed by atoms with Gasteiger partial charge in [-0.2, -0.15) is 0 Å². The minimum atomic E-state index is -0.0341. The highest BCUT2D eigenvalue weighted by molar-refractivity contribution is 5.94. The van der Waals surface area contributed by atoms with Gasteiger partial charge in [0.15, 0.2) is 0 Å². The van der Waals surface area contributed by atoms with Gasteiger partial charge < -0.3 is 9.32 Å². The number of hydrogen-bond donors (Lipinski definition) is 0. The molecule has 0 N–H and O–H groups in total. The maximum absolute atomic E-state index is 13.0. The van der Waals surface area contributed by atoms with E-state index < -0.39 is 0 Å². The van der Waals surface area contributed by atoms with Crippen molar-refractivity contribution < 1.29 is 9.21 Å². The molecule has 0 unspecified atom stereocenters. The van der Waals surface area contributed by atoms with E-state index in [2.05, 4.69) is 38.1 Å². The third-order valence-corrected chi connectivity index (χ3v) is 4.38. The van der Waals surface area contributed by atoms with Crippen molar-refractivity contribution in [2.24, 2.45) is 0 Å². The minimum Gasteiger partial charge on any atom is -0.472 e. The Labute approximate surface area is 142 Å². The molecule has 0 saturated carbocycles. The first kappa shape index (κ1) is 16.1. The van der Waals surface area contributed by atoms with Crippen LogP contribution in [0, 0.1) is 6.92 Å². The first-order valence-electron chi connectivity index (χ1n) is 8.09. The van der Waals surface area contributed by atoms with Gasteiger partial charge in [-0.3, -0.25) is 4.79 Å². The monoisotopic (exact) mass is 319 g/mol. The lowest BCUT2D eigenvalue weighted by Crippen LogP contribution is -2.33. The van der Waals surface area contributed by atoms with Crippen LogP contribution in [-0.4, -0.2) is 10.8 Å². The average Bonchev–Trinajstić information content (AvgIpc) is 3.15. The van der Waals surface area contributed by atoms with Crippen LogP contribution in [0.25, 0.3) is 0 Å². The second kappa shape index (κ2) is 7.18. The Hall–Kier alpha value is -2.81. The van der Waals surface area contributed by atoms with Crippen LogP contribution in [0.4, 0.5) is 0 Å². The van der Waals surface area contributed by atoms with Crippen LogP contribution in [0.3, 0.4) is 0 Å². The van der Waals surface area contributed by atoms with E-state index in [1.807, 2.05) is 35.2 Å². The number of amides is 1. The Morgan fingerprint density at radius 2 is 1.75 bits per heavy atom. The molecule has 3 heteroatoms. The van der Waals surface area contributed by atoms with Crippen LogP contribution >= 0.6 is 0 Å². The van der Waals surface area contributed by atoms with Gasteiger partial charge in [0.2, 0.25) is 0 Å². The molecule has 1 amide bonds. The summed E-state index contributed by atoms with van der Waals surface area (Å²) in [6.07, 6.45) is 3.04. The van der Waals surface area contributed by atoms with Crippen LogP contribution in [0.5, 0.6) is 0 Å². The molecule has 122 valence electrons. The fourth-order valence-corrected chi connectivity index (χ4v) is 2.82. The molecule has 0 aliphatic heterocycles. The van der Waals surface area contributed by atoms with Gasteiger partial charge in [-0.25, -0.2) is 0 Å². The summed E-state index contributed by atoms with van der Waals surface area (Å²) in [6.45, 7) is 4.70. The van der Waals surface area contributed by atoms with Gasteiger partial charge in [0, 0.05) is 6.54 Å². The summed E-state index contributed by atoms with van der Waals surface area (Å²) in [4.78, 5) is 14.9. The number of rotatable bonds is 5. The number of hydrogen-bond acceptors (Lipinski definition) is 2.